The number of nitrogens with one attached hydrogen (secondary N) is 2. The molecule has 1 saturated carbocycles. The van der Waals surface area contributed by atoms with Gasteiger partial charge in [0, 0.05) is 23.4 Å². The molecule has 2 unspecified atom stereocenters. The van der Waals surface area contributed by atoms with Crippen molar-refractivity contribution in [2.24, 2.45) is 17.8 Å². The van der Waals surface area contributed by atoms with Gasteiger partial charge in [-0.3, -0.25) is 9.48 Å². The molecule has 2 heterocycles. The predicted octanol–water partition coefficient (Wildman–Crippen LogP) is 2.97. The molecule has 2 aliphatic rings. The van der Waals surface area contributed by atoms with Crippen LogP contribution in [-0.2, 0) is 6.54 Å². The summed E-state index contributed by atoms with van der Waals surface area (Å²) in [6, 6.07) is 15.4. The first kappa shape index (κ1) is 17.1. The second kappa shape index (κ2) is 6.87. The first-order chi connectivity index (χ1) is 13.7. The Morgan fingerprint density at radius 1 is 1.18 bits per heavy atom. The Bertz CT molecular complexity index is 1000. The van der Waals surface area contributed by atoms with E-state index in [2.05, 4.69) is 20.9 Å². The summed E-state index contributed by atoms with van der Waals surface area (Å²) < 4.78 is 1.95. The molecule has 142 valence electrons. The van der Waals surface area contributed by atoms with Gasteiger partial charge in [0.15, 0.2) is 0 Å². The highest BCUT2D eigenvalue weighted by Gasteiger charge is 2.52. The van der Waals surface area contributed by atoms with Crippen LogP contribution in [0.3, 0.4) is 0 Å². The van der Waals surface area contributed by atoms with E-state index in [1.165, 1.54) is 0 Å². The number of aromatic nitrogens is 3. The number of fused-ring (bicyclic) bond motifs is 1. The maximum absolute atomic E-state index is 12.7. The smallest absolute Gasteiger partial charge is 0.255 e. The first-order valence-corrected chi connectivity index (χ1v) is 9.77. The van der Waals surface area contributed by atoms with Gasteiger partial charge in [-0.1, -0.05) is 35.5 Å². The highest BCUT2D eigenvalue weighted by molar-refractivity contribution is 6.05. The van der Waals surface area contributed by atoms with Crippen molar-refractivity contribution in [1.82, 2.24) is 20.3 Å². The van der Waals surface area contributed by atoms with Crippen molar-refractivity contribution in [2.75, 3.05) is 18.4 Å². The minimum atomic E-state index is -0.115. The van der Waals surface area contributed by atoms with Crippen molar-refractivity contribution in [2.45, 2.75) is 13.5 Å². The number of carbonyl (C=O) groups is 1. The average molecular weight is 373 g/mol. The third-order valence-corrected chi connectivity index (χ3v) is 6.02. The third-order valence-electron chi connectivity index (χ3n) is 6.02. The topological polar surface area (TPSA) is 71.8 Å². The zero-order valence-corrected chi connectivity index (χ0v) is 15.8. The van der Waals surface area contributed by atoms with E-state index in [9.17, 15) is 4.79 Å². The molecule has 1 saturated heterocycles. The summed E-state index contributed by atoms with van der Waals surface area (Å²) in [5.41, 5.74) is 4.08. The van der Waals surface area contributed by atoms with Gasteiger partial charge in [0.05, 0.1) is 6.20 Å². The Labute approximate surface area is 164 Å². The molecule has 2 atom stereocenters. The van der Waals surface area contributed by atoms with Crippen LogP contribution < -0.4 is 10.6 Å². The molecule has 0 radical (unpaired) electrons. The Hall–Kier alpha value is -2.99. The van der Waals surface area contributed by atoms with E-state index in [1.54, 1.807) is 0 Å². The highest BCUT2D eigenvalue weighted by atomic mass is 16.1. The van der Waals surface area contributed by atoms with Gasteiger partial charge in [-0.2, -0.15) is 0 Å². The first-order valence-electron chi connectivity index (χ1n) is 9.77. The number of carbonyl (C=O) groups excluding carboxylic acids is 1. The number of anilines is 1. The molecule has 1 aliphatic carbocycles. The van der Waals surface area contributed by atoms with Crippen LogP contribution in [0.2, 0.25) is 0 Å². The van der Waals surface area contributed by atoms with Gasteiger partial charge in [-0.05, 0) is 61.5 Å². The Morgan fingerprint density at radius 3 is 2.75 bits per heavy atom. The fourth-order valence-electron chi connectivity index (χ4n) is 4.30. The highest BCUT2D eigenvalue weighted by Crippen LogP contribution is 2.49. The lowest BCUT2D eigenvalue weighted by Gasteiger charge is -2.09. The van der Waals surface area contributed by atoms with Gasteiger partial charge in [-0.25, -0.2) is 0 Å². The molecule has 3 aromatic rings. The summed E-state index contributed by atoms with van der Waals surface area (Å²) in [6.45, 7) is 5.14. The average Bonchev–Trinajstić information content (AvgIpc) is 3.09. The van der Waals surface area contributed by atoms with Crippen molar-refractivity contribution in [3.63, 3.8) is 0 Å². The van der Waals surface area contributed by atoms with Gasteiger partial charge in [0.2, 0.25) is 0 Å². The lowest BCUT2D eigenvalue weighted by atomic mass is 10.0. The zero-order valence-electron chi connectivity index (χ0n) is 15.8. The lowest BCUT2D eigenvalue weighted by Crippen LogP contribution is -2.17. The molecule has 6 nitrogen and oxygen atoms in total. The SMILES string of the molecule is Cc1ccc(-c2cn(CC3C4CNCC43)nn2)cc1C(=O)Nc1ccccc1. The minimum absolute atomic E-state index is 0.115. The van der Waals surface area contributed by atoms with Crippen LogP contribution in [0, 0.1) is 24.7 Å². The number of hydrogen-bond acceptors (Lipinski definition) is 4. The fraction of sp³-hybridized carbons (Fsp3) is 0.318. The van der Waals surface area contributed by atoms with Gasteiger partial charge in [0.25, 0.3) is 5.91 Å². The molecule has 5 rings (SSSR count). The van der Waals surface area contributed by atoms with E-state index >= 15 is 0 Å². The number of nitrogens with zero attached hydrogens (tertiary/aromatic N) is 3. The maximum atomic E-state index is 12.7. The summed E-state index contributed by atoms with van der Waals surface area (Å²) >= 11 is 0. The summed E-state index contributed by atoms with van der Waals surface area (Å²) in [7, 11) is 0. The van der Waals surface area contributed by atoms with Crippen LogP contribution in [0.5, 0.6) is 0 Å². The molecule has 2 fully saturated rings. The molecular weight excluding hydrogens is 350 g/mol. The Morgan fingerprint density at radius 2 is 1.96 bits per heavy atom. The maximum Gasteiger partial charge on any atom is 0.255 e. The van der Waals surface area contributed by atoms with Crippen LogP contribution >= 0.6 is 0 Å². The molecule has 2 N–H and O–H groups in total. The van der Waals surface area contributed by atoms with Crippen molar-refractivity contribution >= 4 is 11.6 Å². The standard InChI is InChI=1S/C22H23N5O/c1-14-7-8-15(9-17(14)22(28)24-16-5-3-2-4-6-16)21-13-27(26-25-21)12-20-18-10-23-11-19(18)20/h2-9,13,18-20,23H,10-12H2,1H3,(H,24,28). The lowest BCUT2D eigenvalue weighted by molar-refractivity contribution is 0.102. The quantitative estimate of drug-likeness (QED) is 0.721. The number of rotatable bonds is 5. The van der Waals surface area contributed by atoms with E-state index in [0.717, 1.165) is 59.9 Å². The molecule has 2 aromatic carbocycles. The van der Waals surface area contributed by atoms with E-state index in [0.29, 0.717) is 5.56 Å². The molecule has 1 amide bonds. The molecular formula is C22H23N5O. The minimum Gasteiger partial charge on any atom is -0.322 e. The van der Waals surface area contributed by atoms with Crippen molar-refractivity contribution in [1.29, 1.82) is 0 Å². The number of benzene rings is 2. The summed E-state index contributed by atoms with van der Waals surface area (Å²) in [5, 5.41) is 15.0. The van der Waals surface area contributed by atoms with Gasteiger partial charge in [0.1, 0.15) is 5.69 Å². The Balaban J connectivity index is 1.33. The molecule has 28 heavy (non-hydrogen) atoms. The summed E-state index contributed by atoms with van der Waals surface area (Å²) in [5.74, 6) is 2.22. The largest absolute Gasteiger partial charge is 0.322 e. The molecule has 6 heteroatoms. The molecule has 1 aliphatic heterocycles. The zero-order chi connectivity index (χ0) is 19.1. The monoisotopic (exact) mass is 373 g/mol. The van der Waals surface area contributed by atoms with Crippen LogP contribution in [0.1, 0.15) is 15.9 Å². The summed E-state index contributed by atoms with van der Waals surface area (Å²) in [4.78, 5) is 12.7. The van der Waals surface area contributed by atoms with E-state index in [-0.39, 0.29) is 5.91 Å². The van der Waals surface area contributed by atoms with Crippen molar-refractivity contribution < 1.29 is 4.79 Å². The van der Waals surface area contributed by atoms with Gasteiger partial charge in [-0.15, -0.1) is 5.10 Å². The van der Waals surface area contributed by atoms with E-state index < -0.39 is 0 Å². The molecule has 0 bridgehead atoms. The van der Waals surface area contributed by atoms with Crippen molar-refractivity contribution in [3.05, 3.63) is 65.9 Å². The van der Waals surface area contributed by atoms with Crippen LogP contribution in [0.25, 0.3) is 11.3 Å². The normalized spacial score (nSPS) is 22.7. The number of amides is 1. The molecule has 0 spiro atoms. The number of para-hydroxylation sites is 1. The van der Waals surface area contributed by atoms with E-state index in [4.69, 9.17) is 0 Å². The second-order valence-corrected chi connectivity index (χ2v) is 7.83. The van der Waals surface area contributed by atoms with E-state index in [1.807, 2.05) is 66.3 Å². The second-order valence-electron chi connectivity index (χ2n) is 7.83. The number of aryl methyl sites for hydroxylation is 1. The summed E-state index contributed by atoms with van der Waals surface area (Å²) in [6.07, 6.45) is 1.99. The van der Waals surface area contributed by atoms with Crippen LogP contribution in [0.4, 0.5) is 5.69 Å². The Kier molecular flexibility index (Phi) is 4.20. The predicted molar refractivity (Wildman–Crippen MR) is 108 cm³/mol. The van der Waals surface area contributed by atoms with Crippen molar-refractivity contribution in [3.8, 4) is 11.3 Å². The fourth-order valence-corrected chi connectivity index (χ4v) is 4.30. The number of hydrogen-bond donors (Lipinski definition) is 2. The van der Waals surface area contributed by atoms with Crippen LogP contribution in [0.15, 0.2) is 54.7 Å². The van der Waals surface area contributed by atoms with Gasteiger partial charge >= 0.3 is 0 Å². The number of piperidine rings is 1. The molecule has 1 aromatic heterocycles. The third kappa shape index (κ3) is 3.20. The van der Waals surface area contributed by atoms with Crippen LogP contribution in [-0.4, -0.2) is 34.0 Å². The van der Waals surface area contributed by atoms with Gasteiger partial charge < -0.3 is 10.6 Å².